The summed E-state index contributed by atoms with van der Waals surface area (Å²) in [5, 5.41) is 0. The molecule has 8 heteroatoms. The zero-order chi connectivity index (χ0) is 4.50. The fourth-order valence-electron chi connectivity index (χ4n) is 0. The minimum atomic E-state index is -5.39. The van der Waals surface area contributed by atoms with Crippen LogP contribution in [0.3, 0.4) is 0 Å². The molecule has 0 radical (unpaired) electrons. The Balaban J connectivity index is -0.0000000267. The monoisotopic (exact) mass is 296 g/mol. The first-order chi connectivity index (χ1) is 2.00. The summed E-state index contributed by atoms with van der Waals surface area (Å²) < 4.78 is 8.55. The van der Waals surface area contributed by atoms with Gasteiger partial charge in [-0.25, -0.2) is 0 Å². The fraction of sp³-hybridized carbons (Fsp3) is 0. The Kier molecular flexibility index (Phi) is 27.5. The van der Waals surface area contributed by atoms with E-state index in [0.29, 0.717) is 0 Å². The molecule has 0 fully saturated rings. The van der Waals surface area contributed by atoms with Gasteiger partial charge in [0.15, 0.2) is 0 Å². The Hall–Kier alpha value is 2.80. The van der Waals surface area contributed by atoms with E-state index in [1.807, 2.05) is 0 Å². The molecule has 0 aromatic carbocycles. The second-order valence-electron chi connectivity index (χ2n) is 0.447. The second kappa shape index (κ2) is 9.80. The predicted octanol–water partition coefficient (Wildman–Crippen LogP) is -6.20. The van der Waals surface area contributed by atoms with Crippen molar-refractivity contribution >= 4 is 56.7 Å². The van der Waals surface area contributed by atoms with E-state index in [0.717, 1.165) is 0 Å². The molecule has 0 unspecified atom stereocenters. The molecule has 0 N–H and O–H groups in total. The van der Waals surface area contributed by atoms with Gasteiger partial charge in [-0.2, -0.15) is 7.82 Å². The van der Waals surface area contributed by atoms with Crippen LogP contribution < -0.4 is 33.5 Å². The average molecular weight is 295 g/mol. The molecule has 0 aliphatic carbocycles. The van der Waals surface area contributed by atoms with Crippen molar-refractivity contribution in [1.29, 1.82) is 0 Å². The molecule has 8 heavy (non-hydrogen) atoms. The zero-order valence-electron chi connectivity index (χ0n) is 4.14. The molecule has 0 aliphatic rings. The molecule has 0 saturated heterocycles. The molecule has 0 aromatic heterocycles. The first-order valence-electron chi connectivity index (χ1n) is 0.730. The molecule has 0 spiro atoms. The molecule has 0 amide bonds. The molecular formula is BaFeLiO4P. The van der Waals surface area contributed by atoms with E-state index in [4.69, 9.17) is 19.2 Å². The van der Waals surface area contributed by atoms with Gasteiger partial charge >= 0.3 is 67.7 Å². The van der Waals surface area contributed by atoms with E-state index in [1.165, 1.54) is 0 Å². The van der Waals surface area contributed by atoms with Crippen LogP contribution in [0.15, 0.2) is 0 Å². The van der Waals surface area contributed by atoms with Gasteiger partial charge in [-0.3, -0.25) is 0 Å². The first-order valence-corrected chi connectivity index (χ1v) is 2.19. The van der Waals surface area contributed by atoms with Gasteiger partial charge in [-0.1, -0.05) is 0 Å². The largest absolute Gasteiger partial charge is 2.00 e. The van der Waals surface area contributed by atoms with Crippen molar-refractivity contribution in [1.82, 2.24) is 0 Å². The average Bonchev–Trinajstić information content (AvgIpc) is 0.722. The summed E-state index contributed by atoms with van der Waals surface area (Å²) in [5.41, 5.74) is 0. The van der Waals surface area contributed by atoms with Crippen LogP contribution in [0.5, 0.6) is 0 Å². The maximum absolute atomic E-state index is 8.55. The molecule has 0 atom stereocenters. The van der Waals surface area contributed by atoms with E-state index in [2.05, 4.69) is 0 Å². The molecule has 0 bridgehead atoms. The van der Waals surface area contributed by atoms with Crippen molar-refractivity contribution < 1.29 is 55.2 Å². The van der Waals surface area contributed by atoms with Gasteiger partial charge in [0.1, 0.15) is 0 Å². The second-order valence-corrected chi connectivity index (χ2v) is 1.34. The van der Waals surface area contributed by atoms with Gasteiger partial charge in [-0.05, 0) is 0 Å². The van der Waals surface area contributed by atoms with Gasteiger partial charge in [0.2, 0.25) is 0 Å². The number of rotatable bonds is 0. The molecule has 0 saturated carbocycles. The summed E-state index contributed by atoms with van der Waals surface area (Å²) in [5.74, 6) is 0. The predicted molar refractivity (Wildman–Crippen MR) is 13.4 cm³/mol. The van der Waals surface area contributed by atoms with Crippen LogP contribution in [0.2, 0.25) is 0 Å². The summed E-state index contributed by atoms with van der Waals surface area (Å²) in [6, 6.07) is 0. The molecule has 4 nitrogen and oxygen atoms in total. The maximum Gasteiger partial charge on any atom is 2.00 e. The van der Waals surface area contributed by atoms with Gasteiger partial charge in [-0.15, -0.1) is 0 Å². The molecular weight excluding hydrogens is 295 g/mol. The van der Waals surface area contributed by atoms with Crippen molar-refractivity contribution in [2.75, 3.05) is 0 Å². The van der Waals surface area contributed by atoms with Crippen molar-refractivity contribution in [2.24, 2.45) is 0 Å². The number of hydrogen-bond acceptors (Lipinski definition) is 4. The first kappa shape index (κ1) is 22.4. The van der Waals surface area contributed by atoms with Crippen LogP contribution in [0.4, 0.5) is 0 Å². The minimum absolute atomic E-state index is 0. The Morgan fingerprint density at radius 3 is 1.12 bits per heavy atom. The fourth-order valence-corrected chi connectivity index (χ4v) is 0. The quantitative estimate of drug-likeness (QED) is 0.329. The topological polar surface area (TPSA) is 86.2 Å². The minimum Gasteiger partial charge on any atom is -0.822 e. The standard InChI is InChI=1S/Ba.Fe.Li.H3O4P/c;;;1-5(2,3)4/h;;;(H3,1,2,3,4)/q+2;;+1;/p-3. The van der Waals surface area contributed by atoms with Crippen molar-refractivity contribution in [2.45, 2.75) is 0 Å². The molecule has 0 aliphatic heterocycles. The van der Waals surface area contributed by atoms with Crippen LogP contribution >= 0.6 is 7.82 Å². The zero-order valence-corrected chi connectivity index (χ0v) is 10.6. The van der Waals surface area contributed by atoms with Crippen LogP contribution in [0.25, 0.3) is 0 Å². The molecule has 0 rings (SSSR count). The Labute approximate surface area is 110 Å². The van der Waals surface area contributed by atoms with Crippen molar-refractivity contribution in [3.8, 4) is 0 Å². The van der Waals surface area contributed by atoms with Gasteiger partial charge < -0.3 is 19.2 Å². The number of phosphoric acid groups is 1. The van der Waals surface area contributed by atoms with E-state index >= 15 is 0 Å². The Bertz CT molecular complexity index is 62.2. The van der Waals surface area contributed by atoms with Crippen LogP contribution in [0, 0.1) is 0 Å². The normalized spacial score (nSPS) is 7.38. The van der Waals surface area contributed by atoms with Gasteiger partial charge in [0, 0.05) is 17.1 Å². The maximum atomic E-state index is 8.55. The molecule has 40 valence electrons. The molecule has 0 heterocycles. The Morgan fingerprint density at radius 1 is 1.12 bits per heavy atom. The number of hydrogen-bond donors (Lipinski definition) is 0. The summed E-state index contributed by atoms with van der Waals surface area (Å²) in [6.45, 7) is 0. The van der Waals surface area contributed by atoms with E-state index in [-0.39, 0.29) is 84.8 Å². The third-order valence-electron chi connectivity index (χ3n) is 0. The third kappa shape index (κ3) is 68.3. The van der Waals surface area contributed by atoms with Gasteiger partial charge in [0.25, 0.3) is 0 Å². The van der Waals surface area contributed by atoms with Crippen LogP contribution in [0.1, 0.15) is 0 Å². The third-order valence-corrected chi connectivity index (χ3v) is 0. The Morgan fingerprint density at radius 2 is 1.12 bits per heavy atom. The summed E-state index contributed by atoms with van der Waals surface area (Å²) in [4.78, 5) is 25.6. The SMILES string of the molecule is O=P([O-])([O-])[O-].[Ba+2].[Fe].[Li+]. The smallest absolute Gasteiger partial charge is 0.822 e. The van der Waals surface area contributed by atoms with Crippen molar-refractivity contribution in [3.63, 3.8) is 0 Å². The van der Waals surface area contributed by atoms with Crippen LogP contribution in [-0.2, 0) is 21.6 Å². The van der Waals surface area contributed by atoms with Gasteiger partial charge in [0.05, 0.1) is 0 Å². The van der Waals surface area contributed by atoms with E-state index in [1.54, 1.807) is 0 Å². The summed E-state index contributed by atoms with van der Waals surface area (Å²) in [6.07, 6.45) is 0. The van der Waals surface area contributed by atoms with Crippen LogP contribution in [-0.4, -0.2) is 48.9 Å². The van der Waals surface area contributed by atoms with E-state index < -0.39 is 7.82 Å². The molecule has 0 aromatic rings. The van der Waals surface area contributed by atoms with E-state index in [9.17, 15) is 0 Å². The summed E-state index contributed by atoms with van der Waals surface area (Å²) >= 11 is 0. The van der Waals surface area contributed by atoms with Crippen molar-refractivity contribution in [3.05, 3.63) is 0 Å². The summed E-state index contributed by atoms with van der Waals surface area (Å²) in [7, 11) is -5.39.